The fraction of sp³-hybridized carbons (Fsp3) is 0.149. The van der Waals surface area contributed by atoms with E-state index in [4.69, 9.17) is 15.0 Å². The van der Waals surface area contributed by atoms with Crippen LogP contribution in [-0.4, -0.2) is 31.1 Å². The fourth-order valence-electron chi connectivity index (χ4n) is 9.46. The van der Waals surface area contributed by atoms with Crippen molar-refractivity contribution in [3.63, 3.8) is 0 Å². The van der Waals surface area contributed by atoms with Gasteiger partial charge in [-0.1, -0.05) is 167 Å². The number of pyridine rings is 3. The van der Waals surface area contributed by atoms with Gasteiger partial charge in [-0.3, -0.25) is 0 Å². The topological polar surface area (TPSA) is 38.7 Å². The minimum absolute atomic E-state index is 0. The van der Waals surface area contributed by atoms with Crippen molar-refractivity contribution in [2.24, 2.45) is 0 Å². The Morgan fingerprint density at radius 1 is 0.329 bits per heavy atom. The van der Waals surface area contributed by atoms with E-state index in [-0.39, 0.29) is 20.1 Å². The van der Waals surface area contributed by atoms with Crippen molar-refractivity contribution in [1.82, 2.24) is 15.0 Å². The van der Waals surface area contributed by atoms with E-state index in [0.717, 1.165) is 81.7 Å². The second-order valence-electron chi connectivity index (χ2n) is 21.0. The average molecular weight is 1160 g/mol. The molecular weight excluding hydrogens is 1100 g/mol. The molecule has 0 amide bonds. The third kappa shape index (κ3) is 12.3. The molecule has 0 aliphatic rings. The molecule has 0 N–H and O–H groups in total. The molecule has 0 aliphatic carbocycles. The first-order chi connectivity index (χ1) is 34.9. The van der Waals surface area contributed by atoms with Crippen LogP contribution in [0.2, 0.25) is 39.3 Å². The second-order valence-corrected chi connectivity index (χ2v) is 31.2. The van der Waals surface area contributed by atoms with Gasteiger partial charge in [-0.25, -0.2) is 0 Å². The van der Waals surface area contributed by atoms with E-state index >= 15 is 0 Å². The molecule has 0 atom stereocenters. The number of hydrogen-bond acceptors (Lipinski definition) is 3. The molecule has 0 saturated carbocycles. The Kier molecular flexibility index (Phi) is 15.7. The Morgan fingerprint density at radius 2 is 0.822 bits per heavy atom. The van der Waals surface area contributed by atoms with Crippen LogP contribution in [0.1, 0.15) is 22.3 Å². The van der Waals surface area contributed by atoms with E-state index in [1.807, 2.05) is 18.2 Å². The molecule has 0 fully saturated rings. The van der Waals surface area contributed by atoms with Gasteiger partial charge in [0.1, 0.15) is 0 Å². The van der Waals surface area contributed by atoms with Crippen LogP contribution in [0.25, 0.3) is 78.3 Å². The first-order valence-corrected chi connectivity index (χ1v) is 32.2. The summed E-state index contributed by atoms with van der Waals surface area (Å²) in [5, 5.41) is 2.84. The van der Waals surface area contributed by atoms with E-state index < -0.39 is 16.1 Å². The maximum atomic E-state index is 5.11. The fourth-order valence-corrected chi connectivity index (χ4v) is 11.8. The van der Waals surface area contributed by atoms with Crippen LogP contribution in [0.4, 0.5) is 0 Å². The second kappa shape index (κ2) is 22.5. The third-order valence-corrected chi connectivity index (χ3v) is 17.8. The summed E-state index contributed by atoms with van der Waals surface area (Å²) in [6, 6.07) is 78.1. The Balaban J connectivity index is 0.00000656. The summed E-state index contributed by atoms with van der Waals surface area (Å²) in [6.07, 6.45) is 9.69. The molecule has 7 aromatic carbocycles. The molecule has 0 unspecified atom stereocenters. The van der Waals surface area contributed by atoms with Gasteiger partial charge in [0, 0.05) is 24.2 Å². The number of aryl methyl sites for hydroxylation is 4. The number of aromatic nitrogens is 3. The van der Waals surface area contributed by atoms with Gasteiger partial charge >= 0.3 is 20.1 Å². The van der Waals surface area contributed by atoms with E-state index in [2.05, 4.69) is 246 Å². The molecule has 360 valence electrons. The quantitative estimate of drug-likeness (QED) is 0.0758. The van der Waals surface area contributed by atoms with Gasteiger partial charge in [0.2, 0.25) is 0 Å². The molecule has 3 aromatic heterocycles. The predicted octanol–water partition coefficient (Wildman–Crippen LogP) is 15.6. The van der Waals surface area contributed by atoms with Crippen LogP contribution in [-0.2, 0) is 45.8 Å². The van der Waals surface area contributed by atoms with Crippen LogP contribution >= 0.6 is 0 Å². The summed E-state index contributed by atoms with van der Waals surface area (Å²) in [5.41, 5.74) is 20.2. The number of nitrogens with zero attached hydrogens (tertiary/aromatic N) is 3. The van der Waals surface area contributed by atoms with Crippen molar-refractivity contribution >= 4 is 26.5 Å². The summed E-state index contributed by atoms with van der Waals surface area (Å²) in [6.45, 7) is 14.3. The molecule has 6 heteroatoms. The molecule has 10 aromatic rings. The summed E-state index contributed by atoms with van der Waals surface area (Å²) in [4.78, 5) is 15.0. The summed E-state index contributed by atoms with van der Waals surface area (Å²) in [5.74, 6) is 0. The zero-order chi connectivity index (χ0) is 49.7. The van der Waals surface area contributed by atoms with Gasteiger partial charge < -0.3 is 15.0 Å². The van der Waals surface area contributed by atoms with E-state index in [0.29, 0.717) is 0 Å². The summed E-state index contributed by atoms with van der Waals surface area (Å²) >= 11 is 0. The zero-order valence-electron chi connectivity index (χ0n) is 42.6. The Morgan fingerprint density at radius 3 is 1.36 bits per heavy atom. The third-order valence-electron chi connectivity index (χ3n) is 13.7. The van der Waals surface area contributed by atoms with Crippen LogP contribution in [0, 0.1) is 18.2 Å². The molecule has 0 aliphatic heterocycles. The smallest absolute Gasteiger partial charge is 0.304 e. The van der Waals surface area contributed by atoms with Gasteiger partial charge in [0.25, 0.3) is 0 Å². The van der Waals surface area contributed by atoms with Crippen molar-refractivity contribution in [3.05, 3.63) is 247 Å². The van der Waals surface area contributed by atoms with Crippen LogP contribution in [0.5, 0.6) is 0 Å². The van der Waals surface area contributed by atoms with Crippen molar-refractivity contribution in [3.8, 4) is 78.3 Å². The standard InChI is InChI=1S/C67H60N3Si2.Ir/c1-71(2,3)59-23-15-21-56(42-59)65-37-31-48(45-68-65)27-29-50-39-51(30-28-49-32-38-66(69-46-49)57-22-16-24-60(43-57)72(4,5)6)41-58(40-50)61-25-13-14-26-62(61)64-47-70-67(55-19-11-8-12-20-55)44-63(64)54-35-33-53(34-36-54)52-17-9-7-10-18-52;/h7-19,23-26,31-47H,27-30H2,1-6H3;/q-3;+3. The average Bonchev–Trinajstić information content (AvgIpc) is 3.42. The van der Waals surface area contributed by atoms with Gasteiger partial charge in [-0.2, -0.15) is 0 Å². The molecule has 3 heterocycles. The molecule has 0 saturated heterocycles. The van der Waals surface area contributed by atoms with Gasteiger partial charge in [0.15, 0.2) is 0 Å². The number of benzene rings is 7. The van der Waals surface area contributed by atoms with Crippen molar-refractivity contribution in [2.45, 2.75) is 65.0 Å². The Bertz CT molecular complexity index is 3330. The van der Waals surface area contributed by atoms with Crippen molar-refractivity contribution in [2.75, 3.05) is 0 Å². The number of rotatable bonds is 15. The normalized spacial score (nSPS) is 11.5. The van der Waals surface area contributed by atoms with Crippen molar-refractivity contribution < 1.29 is 20.1 Å². The van der Waals surface area contributed by atoms with Gasteiger partial charge in [-0.05, 0) is 104 Å². The van der Waals surface area contributed by atoms with Crippen LogP contribution in [0.15, 0.2) is 207 Å². The molecule has 0 radical (unpaired) electrons. The monoisotopic (exact) mass is 1160 g/mol. The maximum Gasteiger partial charge on any atom is 3.00 e. The van der Waals surface area contributed by atoms with E-state index in [1.54, 1.807) is 0 Å². The predicted molar refractivity (Wildman–Crippen MR) is 308 cm³/mol. The van der Waals surface area contributed by atoms with Crippen LogP contribution < -0.4 is 10.4 Å². The minimum Gasteiger partial charge on any atom is -0.304 e. The molecule has 0 bridgehead atoms. The maximum absolute atomic E-state index is 5.11. The zero-order valence-corrected chi connectivity index (χ0v) is 47.0. The Labute approximate surface area is 448 Å². The SMILES string of the molecule is C[Si](C)(C)c1cc[c-]c(-c2ccc(CCc3cc(CCc4ccc(-c5[c-]ccc([Si](C)(C)C)c5)nc4)cc(-c4ccccc4-c4cnc(-c5[c-]cccc5)cc4-c4ccc(-c5ccccc5)cc4)c3)cn2)c1.[Ir+3]. The molecule has 10 rings (SSSR count). The van der Waals surface area contributed by atoms with Crippen LogP contribution in [0.3, 0.4) is 0 Å². The van der Waals surface area contributed by atoms with E-state index in [1.165, 1.54) is 54.9 Å². The molecule has 3 nitrogen and oxygen atoms in total. The van der Waals surface area contributed by atoms with Gasteiger partial charge in [-0.15, -0.1) is 106 Å². The minimum atomic E-state index is -1.47. The Hall–Kier alpha value is -6.93. The molecule has 0 spiro atoms. The summed E-state index contributed by atoms with van der Waals surface area (Å²) < 4.78 is 0. The molecular formula is C67H60IrN3Si2. The first-order valence-electron chi connectivity index (χ1n) is 25.2. The van der Waals surface area contributed by atoms with Gasteiger partial charge in [0.05, 0.1) is 16.1 Å². The van der Waals surface area contributed by atoms with E-state index in [9.17, 15) is 0 Å². The molecule has 73 heavy (non-hydrogen) atoms. The number of hydrogen-bond donors (Lipinski definition) is 0. The van der Waals surface area contributed by atoms with Crippen molar-refractivity contribution in [1.29, 1.82) is 0 Å². The largest absolute Gasteiger partial charge is 3.00 e. The first kappa shape index (κ1) is 51.0. The summed E-state index contributed by atoms with van der Waals surface area (Å²) in [7, 11) is -2.93.